The molecule has 0 fully saturated rings. The van der Waals surface area contributed by atoms with E-state index in [1.165, 1.54) is 4.31 Å². The van der Waals surface area contributed by atoms with Crippen molar-refractivity contribution in [1.29, 1.82) is 0 Å². The summed E-state index contributed by atoms with van der Waals surface area (Å²) in [7, 11) is -3.62. The van der Waals surface area contributed by atoms with Gasteiger partial charge in [0.25, 0.3) is 0 Å². The zero-order valence-electron chi connectivity index (χ0n) is 23.8. The van der Waals surface area contributed by atoms with Gasteiger partial charge in [-0.2, -0.15) is 0 Å². The number of rotatable bonds is 13. The van der Waals surface area contributed by atoms with Crippen molar-refractivity contribution in [3.63, 3.8) is 0 Å². The molecule has 0 aliphatic carbocycles. The molecular formula is C29H43N3O5S. The molecule has 0 heterocycles. The SMILES string of the molecule is CCOc1ccccc1N(CCCC(=O)N(Cc1ccc(C)cc1)[C@H](CC)C(=O)NC(C)(C)C)S(C)(=O)=O. The number of carbonyl (C=O) groups excluding carboxylic acids is 2. The highest BCUT2D eigenvalue weighted by molar-refractivity contribution is 7.92. The molecule has 2 aromatic rings. The van der Waals surface area contributed by atoms with Crippen LogP contribution in [-0.2, 0) is 26.2 Å². The van der Waals surface area contributed by atoms with E-state index in [2.05, 4.69) is 5.32 Å². The van der Waals surface area contributed by atoms with Gasteiger partial charge in [0, 0.05) is 25.0 Å². The van der Waals surface area contributed by atoms with Gasteiger partial charge < -0.3 is 15.0 Å². The number of ether oxygens (including phenoxy) is 1. The minimum absolute atomic E-state index is 0.0913. The van der Waals surface area contributed by atoms with Crippen molar-refractivity contribution in [3.05, 3.63) is 59.7 Å². The predicted octanol–water partition coefficient (Wildman–Crippen LogP) is 4.66. The molecule has 0 aliphatic rings. The number of amides is 2. The van der Waals surface area contributed by atoms with Crippen molar-refractivity contribution < 1.29 is 22.7 Å². The lowest BCUT2D eigenvalue weighted by molar-refractivity contribution is -0.142. The van der Waals surface area contributed by atoms with Crippen molar-refractivity contribution in [2.24, 2.45) is 0 Å². The molecule has 9 heteroatoms. The van der Waals surface area contributed by atoms with E-state index in [1.54, 1.807) is 29.2 Å². The summed E-state index contributed by atoms with van der Waals surface area (Å²) in [5, 5.41) is 3.00. The van der Waals surface area contributed by atoms with Crippen LogP contribution >= 0.6 is 0 Å². The van der Waals surface area contributed by atoms with Gasteiger partial charge in [-0.1, -0.05) is 48.9 Å². The zero-order chi connectivity index (χ0) is 28.5. The van der Waals surface area contributed by atoms with Crippen LogP contribution in [0.1, 0.15) is 65.0 Å². The molecule has 8 nitrogen and oxygen atoms in total. The third-order valence-electron chi connectivity index (χ3n) is 5.94. The number of hydrogen-bond donors (Lipinski definition) is 1. The highest BCUT2D eigenvalue weighted by Gasteiger charge is 2.31. The lowest BCUT2D eigenvalue weighted by atomic mass is 10.0. The molecule has 0 aliphatic heterocycles. The summed E-state index contributed by atoms with van der Waals surface area (Å²) < 4.78 is 32.2. The topological polar surface area (TPSA) is 96.0 Å². The van der Waals surface area contributed by atoms with Crippen molar-refractivity contribution in [2.45, 2.75) is 78.9 Å². The van der Waals surface area contributed by atoms with E-state index in [1.807, 2.05) is 65.8 Å². The van der Waals surface area contributed by atoms with Crippen LogP contribution in [-0.4, -0.2) is 56.1 Å². The molecule has 1 atom stereocenters. The van der Waals surface area contributed by atoms with Crippen LogP contribution in [0.4, 0.5) is 5.69 Å². The van der Waals surface area contributed by atoms with Gasteiger partial charge >= 0.3 is 0 Å². The van der Waals surface area contributed by atoms with Crippen LogP contribution in [0, 0.1) is 6.92 Å². The first-order valence-electron chi connectivity index (χ1n) is 13.1. The maximum atomic E-state index is 13.6. The summed E-state index contributed by atoms with van der Waals surface area (Å²) in [6.45, 7) is 12.2. The molecule has 0 unspecified atom stereocenters. The van der Waals surface area contributed by atoms with Gasteiger partial charge in [-0.05, 0) is 65.2 Å². The highest BCUT2D eigenvalue weighted by atomic mass is 32.2. The van der Waals surface area contributed by atoms with Crippen LogP contribution in [0.5, 0.6) is 5.75 Å². The molecule has 0 saturated carbocycles. The van der Waals surface area contributed by atoms with Gasteiger partial charge in [0.05, 0.1) is 18.6 Å². The summed E-state index contributed by atoms with van der Waals surface area (Å²) in [6, 6.07) is 14.2. The van der Waals surface area contributed by atoms with E-state index in [4.69, 9.17) is 4.74 Å². The third-order valence-corrected chi connectivity index (χ3v) is 7.12. The Bertz CT molecular complexity index is 1170. The van der Waals surface area contributed by atoms with Gasteiger partial charge in [0.15, 0.2) is 0 Å². The Morgan fingerprint density at radius 3 is 2.21 bits per heavy atom. The highest BCUT2D eigenvalue weighted by Crippen LogP contribution is 2.30. The summed E-state index contributed by atoms with van der Waals surface area (Å²) in [6.07, 6.45) is 1.98. The van der Waals surface area contributed by atoms with Crippen molar-refractivity contribution in [3.8, 4) is 5.75 Å². The van der Waals surface area contributed by atoms with Gasteiger partial charge in [0.2, 0.25) is 21.8 Å². The monoisotopic (exact) mass is 545 g/mol. The molecule has 0 aromatic heterocycles. The first kappa shape index (κ1) is 31.1. The number of nitrogens with zero attached hydrogens (tertiary/aromatic N) is 2. The normalized spacial score (nSPS) is 12.5. The van der Waals surface area contributed by atoms with Crippen LogP contribution < -0.4 is 14.4 Å². The molecule has 1 N–H and O–H groups in total. The van der Waals surface area contributed by atoms with E-state index in [-0.39, 0.29) is 37.7 Å². The average Bonchev–Trinajstić information content (AvgIpc) is 2.82. The second-order valence-corrected chi connectivity index (χ2v) is 12.4. The lowest BCUT2D eigenvalue weighted by Gasteiger charge is -2.33. The largest absolute Gasteiger partial charge is 0.492 e. The van der Waals surface area contributed by atoms with Gasteiger partial charge in [-0.15, -0.1) is 0 Å². The zero-order valence-corrected chi connectivity index (χ0v) is 24.6. The van der Waals surface area contributed by atoms with Crippen LogP contribution in [0.25, 0.3) is 0 Å². The smallest absolute Gasteiger partial charge is 0.243 e. The van der Waals surface area contributed by atoms with Crippen molar-refractivity contribution in [1.82, 2.24) is 10.2 Å². The van der Waals surface area contributed by atoms with Crippen LogP contribution in [0.15, 0.2) is 48.5 Å². The van der Waals surface area contributed by atoms with E-state index >= 15 is 0 Å². The Labute approximate surface area is 228 Å². The molecular weight excluding hydrogens is 502 g/mol. The Kier molecular flexibility index (Phi) is 11.2. The third kappa shape index (κ3) is 9.35. The fourth-order valence-electron chi connectivity index (χ4n) is 4.19. The van der Waals surface area contributed by atoms with E-state index in [0.29, 0.717) is 24.5 Å². The Morgan fingerprint density at radius 1 is 1.03 bits per heavy atom. The molecule has 2 aromatic carbocycles. The number of nitrogens with one attached hydrogen (secondary N) is 1. The summed E-state index contributed by atoms with van der Waals surface area (Å²) >= 11 is 0. The van der Waals surface area contributed by atoms with Gasteiger partial charge in [-0.25, -0.2) is 8.42 Å². The number of para-hydroxylation sites is 2. The molecule has 0 bridgehead atoms. The Balaban J connectivity index is 2.27. The van der Waals surface area contributed by atoms with E-state index < -0.39 is 21.6 Å². The molecule has 0 saturated heterocycles. The molecule has 2 rings (SSSR count). The number of sulfonamides is 1. The second-order valence-electron chi connectivity index (χ2n) is 10.5. The minimum atomic E-state index is -3.62. The molecule has 210 valence electrons. The number of carbonyl (C=O) groups is 2. The molecule has 0 spiro atoms. The standard InChI is InChI=1S/C29H43N3O5S/c1-8-24(28(34)30-29(4,5)6)31(21-23-18-16-22(3)17-19-23)27(33)15-12-20-32(38(7,35)36)25-13-10-11-14-26(25)37-9-2/h10-11,13-14,16-19,24H,8-9,12,15,20-21H2,1-7H3,(H,30,34)/t24-/m1/s1. The predicted molar refractivity (Wildman–Crippen MR) is 153 cm³/mol. The van der Waals surface area contributed by atoms with E-state index in [0.717, 1.165) is 17.4 Å². The van der Waals surface area contributed by atoms with E-state index in [9.17, 15) is 18.0 Å². The van der Waals surface area contributed by atoms with Crippen LogP contribution in [0.2, 0.25) is 0 Å². The van der Waals surface area contributed by atoms with Crippen LogP contribution in [0.3, 0.4) is 0 Å². The molecule has 38 heavy (non-hydrogen) atoms. The number of anilines is 1. The second kappa shape index (κ2) is 13.6. The van der Waals surface area contributed by atoms with Crippen molar-refractivity contribution in [2.75, 3.05) is 23.7 Å². The quantitative estimate of drug-likeness (QED) is 0.395. The number of hydrogen-bond acceptors (Lipinski definition) is 5. The van der Waals surface area contributed by atoms with Gasteiger partial charge in [0.1, 0.15) is 11.8 Å². The maximum Gasteiger partial charge on any atom is 0.243 e. The molecule has 0 radical (unpaired) electrons. The molecule has 2 amide bonds. The maximum absolute atomic E-state index is 13.6. The average molecular weight is 546 g/mol. The van der Waals surface area contributed by atoms with Crippen molar-refractivity contribution >= 4 is 27.5 Å². The lowest BCUT2D eigenvalue weighted by Crippen LogP contribution is -2.53. The fraction of sp³-hybridized carbons (Fsp3) is 0.517. The number of aryl methyl sites for hydroxylation is 1. The first-order valence-corrected chi connectivity index (χ1v) is 15.0. The Morgan fingerprint density at radius 2 is 1.66 bits per heavy atom. The summed E-state index contributed by atoms with van der Waals surface area (Å²) in [5.41, 5.74) is 2.04. The number of benzene rings is 2. The summed E-state index contributed by atoms with van der Waals surface area (Å²) in [4.78, 5) is 28.4. The summed E-state index contributed by atoms with van der Waals surface area (Å²) in [5.74, 6) is 0.0644. The first-order chi connectivity index (χ1) is 17.8. The van der Waals surface area contributed by atoms with Gasteiger partial charge in [-0.3, -0.25) is 13.9 Å². The Hall–Kier alpha value is -3.07. The minimum Gasteiger partial charge on any atom is -0.492 e. The fourth-order valence-corrected chi connectivity index (χ4v) is 5.15.